The summed E-state index contributed by atoms with van der Waals surface area (Å²) in [5.41, 5.74) is 0.293. The maximum absolute atomic E-state index is 11.7. The van der Waals surface area contributed by atoms with Crippen LogP contribution >= 0.6 is 0 Å². The summed E-state index contributed by atoms with van der Waals surface area (Å²) in [5.74, 6) is 0.939. The van der Waals surface area contributed by atoms with Gasteiger partial charge in [-0.2, -0.15) is 0 Å². The molecule has 0 aliphatic carbocycles. The molecule has 0 atom stereocenters. The van der Waals surface area contributed by atoms with Crippen LogP contribution in [0.3, 0.4) is 0 Å². The Morgan fingerprint density at radius 1 is 1.44 bits per heavy atom. The van der Waals surface area contributed by atoms with Crippen molar-refractivity contribution in [1.29, 1.82) is 0 Å². The Kier molecular flexibility index (Phi) is 3.22. The first-order valence-electron chi connectivity index (χ1n) is 5.33. The van der Waals surface area contributed by atoms with Gasteiger partial charge in [-0.05, 0) is 13.8 Å². The summed E-state index contributed by atoms with van der Waals surface area (Å²) in [6.07, 6.45) is -0.0250. The minimum atomic E-state index is -0.322. The average molecular weight is 248 g/mol. The molecule has 0 fully saturated rings. The van der Waals surface area contributed by atoms with Crippen molar-refractivity contribution in [1.82, 2.24) is 15.1 Å². The number of H-pyrrole nitrogens is 1. The molecule has 0 bridgehead atoms. The molecule has 0 unspecified atom stereocenters. The Morgan fingerprint density at radius 3 is 2.83 bits per heavy atom. The predicted octanol–water partition coefficient (Wildman–Crippen LogP) is 0.556. The van der Waals surface area contributed by atoms with Crippen molar-refractivity contribution in [2.45, 2.75) is 20.3 Å². The Morgan fingerprint density at radius 2 is 2.22 bits per heavy atom. The number of carbonyl (C=O) groups is 1. The molecule has 0 aliphatic heterocycles. The molecule has 0 saturated heterocycles. The lowest BCUT2D eigenvalue weighted by atomic mass is 10.3. The van der Waals surface area contributed by atoms with Gasteiger partial charge in [-0.15, -0.1) is 0 Å². The molecule has 2 rings (SSSR count). The molecule has 2 N–H and O–H groups in total. The van der Waals surface area contributed by atoms with Crippen molar-refractivity contribution < 1.29 is 9.32 Å². The second-order valence-corrected chi connectivity index (χ2v) is 3.88. The Balaban J connectivity index is 2.05. The topological polar surface area (TPSA) is 101 Å². The van der Waals surface area contributed by atoms with Gasteiger partial charge in [0.1, 0.15) is 11.6 Å². The fourth-order valence-corrected chi connectivity index (χ4v) is 1.49. The van der Waals surface area contributed by atoms with Crippen molar-refractivity contribution >= 4 is 11.7 Å². The third-order valence-electron chi connectivity index (χ3n) is 2.14. The summed E-state index contributed by atoms with van der Waals surface area (Å²) in [6, 6.07) is 2.96. The van der Waals surface area contributed by atoms with E-state index >= 15 is 0 Å². The number of aryl methyl sites for hydroxylation is 2. The van der Waals surface area contributed by atoms with Gasteiger partial charge in [0.25, 0.3) is 5.56 Å². The van der Waals surface area contributed by atoms with Gasteiger partial charge in [-0.3, -0.25) is 9.59 Å². The largest absolute Gasteiger partial charge is 0.360 e. The maximum Gasteiger partial charge on any atom is 0.251 e. The Labute approximate surface area is 102 Å². The molecule has 0 aromatic carbocycles. The zero-order valence-corrected chi connectivity index (χ0v) is 9.98. The number of anilines is 1. The molecular weight excluding hydrogens is 236 g/mol. The fraction of sp³-hybridized carbons (Fsp3) is 0.273. The number of carbonyl (C=O) groups excluding carboxylic acids is 1. The van der Waals surface area contributed by atoms with Gasteiger partial charge in [0.2, 0.25) is 5.91 Å². The third-order valence-corrected chi connectivity index (χ3v) is 2.14. The van der Waals surface area contributed by atoms with Gasteiger partial charge in [-0.25, -0.2) is 4.98 Å². The van der Waals surface area contributed by atoms with Gasteiger partial charge in [0, 0.05) is 17.8 Å². The molecule has 0 spiro atoms. The fourth-order valence-electron chi connectivity index (χ4n) is 1.49. The van der Waals surface area contributed by atoms with Crippen LogP contribution in [0, 0.1) is 13.8 Å². The van der Waals surface area contributed by atoms with Crippen LogP contribution in [-0.2, 0) is 11.2 Å². The number of rotatable bonds is 3. The first kappa shape index (κ1) is 12.0. The number of amides is 1. The minimum absolute atomic E-state index is 0.0250. The van der Waals surface area contributed by atoms with E-state index in [1.54, 1.807) is 19.9 Å². The highest BCUT2D eigenvalue weighted by atomic mass is 16.5. The molecule has 2 aromatic rings. The van der Waals surface area contributed by atoms with Crippen molar-refractivity contribution in [2.24, 2.45) is 0 Å². The predicted molar refractivity (Wildman–Crippen MR) is 63.2 cm³/mol. The molecule has 94 valence electrons. The van der Waals surface area contributed by atoms with E-state index < -0.39 is 0 Å². The van der Waals surface area contributed by atoms with Crippen LogP contribution in [0.1, 0.15) is 17.3 Å². The van der Waals surface area contributed by atoms with Gasteiger partial charge >= 0.3 is 0 Å². The second-order valence-electron chi connectivity index (χ2n) is 3.88. The first-order chi connectivity index (χ1) is 8.52. The average Bonchev–Trinajstić information content (AvgIpc) is 2.61. The van der Waals surface area contributed by atoms with Crippen LogP contribution in [0.4, 0.5) is 5.82 Å². The number of hydrogen-bond acceptors (Lipinski definition) is 5. The number of aromatic amines is 1. The van der Waals surface area contributed by atoms with Crippen LogP contribution in [0.2, 0.25) is 0 Å². The summed E-state index contributed by atoms with van der Waals surface area (Å²) >= 11 is 0. The molecule has 0 aliphatic rings. The monoisotopic (exact) mass is 248 g/mol. The van der Waals surface area contributed by atoms with E-state index in [-0.39, 0.29) is 17.9 Å². The summed E-state index contributed by atoms with van der Waals surface area (Å²) in [5, 5.41) is 6.18. The lowest BCUT2D eigenvalue weighted by molar-refractivity contribution is -0.115. The van der Waals surface area contributed by atoms with Crippen LogP contribution in [0.5, 0.6) is 0 Å². The van der Waals surface area contributed by atoms with Crippen LogP contribution < -0.4 is 10.9 Å². The molecular formula is C11H12N4O3. The Bertz CT molecular complexity index is 629. The van der Waals surface area contributed by atoms with E-state index in [0.717, 1.165) is 0 Å². The molecule has 2 aromatic heterocycles. The number of nitrogens with zero attached hydrogens (tertiary/aromatic N) is 2. The van der Waals surface area contributed by atoms with Gasteiger partial charge in [-0.1, -0.05) is 5.16 Å². The van der Waals surface area contributed by atoms with E-state index in [0.29, 0.717) is 23.1 Å². The smallest absolute Gasteiger partial charge is 0.251 e. The highest BCUT2D eigenvalue weighted by molar-refractivity contribution is 5.90. The van der Waals surface area contributed by atoms with Crippen LogP contribution in [-0.4, -0.2) is 21.0 Å². The molecule has 2 heterocycles. The van der Waals surface area contributed by atoms with E-state index in [1.807, 2.05) is 0 Å². The first-order valence-corrected chi connectivity index (χ1v) is 5.33. The summed E-state index contributed by atoms with van der Waals surface area (Å²) in [6.45, 7) is 3.42. The van der Waals surface area contributed by atoms with E-state index in [2.05, 4.69) is 20.4 Å². The third kappa shape index (κ3) is 3.03. The van der Waals surface area contributed by atoms with E-state index in [1.165, 1.54) is 6.07 Å². The minimum Gasteiger partial charge on any atom is -0.360 e. The normalized spacial score (nSPS) is 10.3. The van der Waals surface area contributed by atoms with Gasteiger partial charge in [0.05, 0.1) is 6.42 Å². The van der Waals surface area contributed by atoms with E-state index in [9.17, 15) is 9.59 Å². The number of aromatic nitrogens is 3. The highest BCUT2D eigenvalue weighted by Crippen LogP contribution is 2.07. The molecule has 0 saturated carbocycles. The lowest BCUT2D eigenvalue weighted by Gasteiger charge is -2.01. The zero-order chi connectivity index (χ0) is 13.1. The SMILES string of the molecule is Cc1cc(=O)[nH]c(CC(=O)Nc2cc(C)on2)n1. The summed E-state index contributed by atoms with van der Waals surface area (Å²) < 4.78 is 4.82. The van der Waals surface area contributed by atoms with Crippen molar-refractivity contribution in [2.75, 3.05) is 5.32 Å². The molecule has 7 nitrogen and oxygen atoms in total. The lowest BCUT2D eigenvalue weighted by Crippen LogP contribution is -2.19. The van der Waals surface area contributed by atoms with Crippen molar-refractivity contribution in [3.05, 3.63) is 39.8 Å². The summed E-state index contributed by atoms with van der Waals surface area (Å²) in [7, 11) is 0. The molecule has 1 amide bonds. The Hall–Kier alpha value is -2.44. The van der Waals surface area contributed by atoms with Crippen LogP contribution in [0.25, 0.3) is 0 Å². The number of hydrogen-bond donors (Lipinski definition) is 2. The molecule has 18 heavy (non-hydrogen) atoms. The highest BCUT2D eigenvalue weighted by Gasteiger charge is 2.09. The quantitative estimate of drug-likeness (QED) is 0.826. The zero-order valence-electron chi connectivity index (χ0n) is 9.98. The van der Waals surface area contributed by atoms with E-state index in [4.69, 9.17) is 4.52 Å². The second kappa shape index (κ2) is 4.82. The molecule has 7 heteroatoms. The van der Waals surface area contributed by atoms with Crippen molar-refractivity contribution in [3.63, 3.8) is 0 Å². The summed E-state index contributed by atoms with van der Waals surface area (Å²) in [4.78, 5) is 29.4. The maximum atomic E-state index is 11.7. The number of nitrogens with one attached hydrogen (secondary N) is 2. The van der Waals surface area contributed by atoms with Gasteiger partial charge in [0.15, 0.2) is 5.82 Å². The standard InChI is InChI=1S/C11H12N4O3/c1-6-3-10(16)13-8(12-6)5-11(17)14-9-4-7(2)18-15-9/h3-4H,5H2,1-2H3,(H,12,13,16)(H,14,15,17). The van der Waals surface area contributed by atoms with Gasteiger partial charge < -0.3 is 14.8 Å². The van der Waals surface area contributed by atoms with Crippen LogP contribution in [0.15, 0.2) is 21.5 Å². The van der Waals surface area contributed by atoms with Crippen molar-refractivity contribution in [3.8, 4) is 0 Å². The molecule has 0 radical (unpaired) electrons.